The first-order valence-electron chi connectivity index (χ1n) is 5.75. The molecule has 1 saturated carbocycles. The second kappa shape index (κ2) is 4.43. The highest BCUT2D eigenvalue weighted by Gasteiger charge is 2.41. The van der Waals surface area contributed by atoms with Crippen LogP contribution in [0.1, 0.15) is 46.5 Å². The monoisotopic (exact) mass is 197 g/mol. The molecule has 0 amide bonds. The zero-order valence-electron chi connectivity index (χ0n) is 9.97. The van der Waals surface area contributed by atoms with Crippen LogP contribution in [0.3, 0.4) is 0 Å². The van der Waals surface area contributed by atoms with Crippen LogP contribution in [-0.4, -0.2) is 29.8 Å². The van der Waals surface area contributed by atoms with Crippen molar-refractivity contribution < 1.29 is 4.79 Å². The van der Waals surface area contributed by atoms with Crippen molar-refractivity contribution >= 4 is 5.78 Å². The van der Waals surface area contributed by atoms with Crippen molar-refractivity contribution in [3.63, 3.8) is 0 Å². The average molecular weight is 197 g/mol. The van der Waals surface area contributed by atoms with E-state index in [0.717, 1.165) is 19.4 Å². The summed E-state index contributed by atoms with van der Waals surface area (Å²) in [6.07, 6.45) is 4.58. The van der Waals surface area contributed by atoms with Crippen LogP contribution < -0.4 is 0 Å². The summed E-state index contributed by atoms with van der Waals surface area (Å²) in [5.74, 6) is 1.05. The summed E-state index contributed by atoms with van der Waals surface area (Å²) in [4.78, 5) is 14.1. The van der Waals surface area contributed by atoms with E-state index in [0.29, 0.717) is 11.7 Å². The lowest BCUT2D eigenvalue weighted by Crippen LogP contribution is -2.54. The highest BCUT2D eigenvalue weighted by molar-refractivity contribution is 5.86. The molecule has 1 fully saturated rings. The zero-order valence-corrected chi connectivity index (χ0v) is 9.97. The summed E-state index contributed by atoms with van der Waals surface area (Å²) in [5, 5.41) is 0. The standard InChI is InChI=1S/C12H23NO/c1-5-13(4)12(11(3)14)8-6-7-10(2)9-12/h10H,5-9H2,1-4H3. The van der Waals surface area contributed by atoms with Gasteiger partial charge in [-0.3, -0.25) is 9.69 Å². The smallest absolute Gasteiger partial charge is 0.150 e. The molecule has 0 heterocycles. The van der Waals surface area contributed by atoms with Gasteiger partial charge in [0.05, 0.1) is 5.54 Å². The molecule has 0 radical (unpaired) electrons. The molecule has 0 N–H and O–H groups in total. The van der Waals surface area contributed by atoms with Gasteiger partial charge >= 0.3 is 0 Å². The number of hydrogen-bond acceptors (Lipinski definition) is 2. The number of likely N-dealkylation sites (N-methyl/N-ethyl adjacent to an activating group) is 1. The number of carbonyl (C=O) groups excluding carboxylic acids is 1. The number of Topliss-reactive ketones (excluding diaryl/α,β-unsaturated/α-hetero) is 1. The van der Waals surface area contributed by atoms with Gasteiger partial charge in [-0.25, -0.2) is 0 Å². The van der Waals surface area contributed by atoms with E-state index in [1.807, 2.05) is 0 Å². The zero-order chi connectivity index (χ0) is 10.8. The number of rotatable bonds is 3. The number of hydrogen-bond donors (Lipinski definition) is 0. The number of nitrogens with zero attached hydrogens (tertiary/aromatic N) is 1. The minimum Gasteiger partial charge on any atom is -0.298 e. The molecule has 0 aliphatic heterocycles. The van der Waals surface area contributed by atoms with Crippen LogP contribution in [0, 0.1) is 5.92 Å². The van der Waals surface area contributed by atoms with Gasteiger partial charge in [-0.15, -0.1) is 0 Å². The molecule has 82 valence electrons. The maximum absolute atomic E-state index is 11.8. The fraction of sp³-hybridized carbons (Fsp3) is 0.917. The molecule has 2 nitrogen and oxygen atoms in total. The van der Waals surface area contributed by atoms with E-state index in [1.165, 1.54) is 12.8 Å². The van der Waals surface area contributed by atoms with Crippen molar-refractivity contribution in [1.29, 1.82) is 0 Å². The van der Waals surface area contributed by atoms with Gasteiger partial charge in [-0.1, -0.05) is 26.7 Å². The Morgan fingerprint density at radius 3 is 2.64 bits per heavy atom. The normalized spacial score (nSPS) is 33.4. The molecule has 2 heteroatoms. The van der Waals surface area contributed by atoms with Gasteiger partial charge in [0.1, 0.15) is 5.78 Å². The quantitative estimate of drug-likeness (QED) is 0.692. The summed E-state index contributed by atoms with van der Waals surface area (Å²) in [5.41, 5.74) is -0.146. The largest absolute Gasteiger partial charge is 0.298 e. The molecule has 0 aromatic heterocycles. The van der Waals surface area contributed by atoms with Crippen molar-refractivity contribution in [1.82, 2.24) is 4.90 Å². The van der Waals surface area contributed by atoms with Crippen LogP contribution in [-0.2, 0) is 4.79 Å². The Morgan fingerprint density at radius 2 is 2.21 bits per heavy atom. The van der Waals surface area contributed by atoms with E-state index < -0.39 is 0 Å². The van der Waals surface area contributed by atoms with Crippen LogP contribution >= 0.6 is 0 Å². The van der Waals surface area contributed by atoms with E-state index in [1.54, 1.807) is 6.92 Å². The van der Waals surface area contributed by atoms with Gasteiger partial charge in [0.15, 0.2) is 0 Å². The van der Waals surface area contributed by atoms with Crippen molar-refractivity contribution in [2.75, 3.05) is 13.6 Å². The predicted octanol–water partition coefficient (Wildman–Crippen LogP) is 2.48. The van der Waals surface area contributed by atoms with Gasteiger partial charge in [-0.05, 0) is 39.3 Å². The Kier molecular flexibility index (Phi) is 3.71. The first kappa shape index (κ1) is 11.7. The van der Waals surface area contributed by atoms with Crippen molar-refractivity contribution in [2.24, 2.45) is 5.92 Å². The molecule has 14 heavy (non-hydrogen) atoms. The second-order valence-electron chi connectivity index (χ2n) is 4.80. The van der Waals surface area contributed by atoms with E-state index in [9.17, 15) is 4.79 Å². The second-order valence-corrected chi connectivity index (χ2v) is 4.80. The Hall–Kier alpha value is -0.370. The summed E-state index contributed by atoms with van der Waals surface area (Å²) in [6, 6.07) is 0. The minimum atomic E-state index is -0.146. The molecular formula is C12H23NO. The minimum absolute atomic E-state index is 0.146. The Morgan fingerprint density at radius 1 is 1.57 bits per heavy atom. The highest BCUT2D eigenvalue weighted by atomic mass is 16.1. The highest BCUT2D eigenvalue weighted by Crippen LogP contribution is 2.36. The Balaban J connectivity index is 2.85. The molecular weight excluding hydrogens is 174 g/mol. The lowest BCUT2D eigenvalue weighted by Gasteiger charge is -2.44. The van der Waals surface area contributed by atoms with E-state index in [2.05, 4.69) is 25.8 Å². The lowest BCUT2D eigenvalue weighted by atomic mass is 9.73. The topological polar surface area (TPSA) is 20.3 Å². The fourth-order valence-corrected chi connectivity index (χ4v) is 2.76. The lowest BCUT2D eigenvalue weighted by molar-refractivity contribution is -0.131. The number of carbonyl (C=O) groups is 1. The SMILES string of the molecule is CCN(C)C1(C(C)=O)CCCC(C)C1. The van der Waals surface area contributed by atoms with Gasteiger partial charge in [-0.2, -0.15) is 0 Å². The van der Waals surface area contributed by atoms with Crippen LogP contribution in [0.25, 0.3) is 0 Å². The van der Waals surface area contributed by atoms with Gasteiger partial charge in [0.2, 0.25) is 0 Å². The van der Waals surface area contributed by atoms with Crippen LogP contribution in [0.2, 0.25) is 0 Å². The molecule has 0 spiro atoms. The fourth-order valence-electron chi connectivity index (χ4n) is 2.76. The van der Waals surface area contributed by atoms with Crippen LogP contribution in [0.5, 0.6) is 0 Å². The first-order valence-corrected chi connectivity index (χ1v) is 5.75. The van der Waals surface area contributed by atoms with E-state index in [-0.39, 0.29) is 5.54 Å². The summed E-state index contributed by atoms with van der Waals surface area (Å²) >= 11 is 0. The van der Waals surface area contributed by atoms with Gasteiger partial charge in [0, 0.05) is 0 Å². The van der Waals surface area contributed by atoms with E-state index >= 15 is 0 Å². The molecule has 1 aliphatic carbocycles. The van der Waals surface area contributed by atoms with Crippen LogP contribution in [0.15, 0.2) is 0 Å². The molecule has 2 atom stereocenters. The van der Waals surface area contributed by atoms with Crippen molar-refractivity contribution in [3.05, 3.63) is 0 Å². The first-order chi connectivity index (χ1) is 6.53. The maximum Gasteiger partial charge on any atom is 0.150 e. The average Bonchev–Trinajstić information content (AvgIpc) is 2.16. The summed E-state index contributed by atoms with van der Waals surface area (Å²) < 4.78 is 0. The molecule has 0 saturated heterocycles. The predicted molar refractivity (Wildman–Crippen MR) is 59.3 cm³/mol. The third-order valence-corrected chi connectivity index (χ3v) is 3.83. The molecule has 2 unspecified atom stereocenters. The molecule has 0 aromatic carbocycles. The van der Waals surface area contributed by atoms with Gasteiger partial charge < -0.3 is 0 Å². The third-order valence-electron chi connectivity index (χ3n) is 3.83. The van der Waals surface area contributed by atoms with Crippen molar-refractivity contribution in [3.8, 4) is 0 Å². The number of ketones is 1. The van der Waals surface area contributed by atoms with Crippen molar-refractivity contribution in [2.45, 2.75) is 52.0 Å². The Bertz CT molecular complexity index is 214. The maximum atomic E-state index is 11.8. The summed E-state index contributed by atoms with van der Waals surface area (Å²) in [6.45, 7) is 7.11. The molecule has 0 bridgehead atoms. The molecule has 1 aliphatic rings. The third kappa shape index (κ3) is 2.00. The van der Waals surface area contributed by atoms with Crippen LogP contribution in [0.4, 0.5) is 0 Å². The Labute approximate surface area is 87.7 Å². The van der Waals surface area contributed by atoms with Gasteiger partial charge in [0.25, 0.3) is 0 Å². The van der Waals surface area contributed by atoms with E-state index in [4.69, 9.17) is 0 Å². The molecule has 1 rings (SSSR count). The summed E-state index contributed by atoms with van der Waals surface area (Å²) in [7, 11) is 2.08. The molecule has 0 aromatic rings.